The maximum Gasteiger partial charge on any atom is 0.251 e. The van der Waals surface area contributed by atoms with E-state index in [2.05, 4.69) is 52.5 Å². The molecule has 1 fully saturated rings. The minimum absolute atomic E-state index is 0.0511. The monoisotopic (exact) mass is 385 g/mol. The minimum atomic E-state index is -0.0511. The van der Waals surface area contributed by atoms with Crippen molar-refractivity contribution in [2.75, 3.05) is 38.1 Å². The van der Waals surface area contributed by atoms with E-state index in [1.807, 2.05) is 48.5 Å². The molecule has 3 aromatic rings. The fourth-order valence-electron chi connectivity index (χ4n) is 3.65. The molecule has 1 N–H and O–H groups in total. The molecule has 4 rings (SSSR count). The molecule has 29 heavy (non-hydrogen) atoms. The normalized spacial score (nSPS) is 14.6. The Kier molecular flexibility index (Phi) is 5.92. The van der Waals surface area contributed by atoms with Crippen molar-refractivity contribution >= 4 is 11.6 Å². The van der Waals surface area contributed by atoms with Crippen LogP contribution >= 0.6 is 0 Å². The lowest BCUT2D eigenvalue weighted by Crippen LogP contribution is -2.44. The van der Waals surface area contributed by atoms with Crippen molar-refractivity contribution in [3.8, 4) is 11.1 Å². The van der Waals surface area contributed by atoms with Crippen LogP contribution in [0, 0.1) is 0 Å². The number of likely N-dealkylation sites (N-methyl/N-ethyl adjacent to an activating group) is 1. The number of nitrogens with one attached hydrogen (secondary N) is 1. The number of carbonyl (C=O) groups is 1. The number of amides is 1. The molecule has 148 valence electrons. The second-order valence-corrected chi connectivity index (χ2v) is 7.59. The number of hydrogen-bond donors (Lipinski definition) is 1. The third kappa shape index (κ3) is 4.84. The van der Waals surface area contributed by atoms with Gasteiger partial charge in [0.15, 0.2) is 0 Å². The van der Waals surface area contributed by atoms with Gasteiger partial charge in [-0.15, -0.1) is 0 Å². The first-order chi connectivity index (χ1) is 14.2. The van der Waals surface area contributed by atoms with Crippen molar-refractivity contribution in [2.24, 2.45) is 0 Å². The number of rotatable bonds is 5. The first kappa shape index (κ1) is 19.2. The second-order valence-electron chi connectivity index (χ2n) is 7.59. The molecular weight excluding hydrogens is 358 g/mol. The van der Waals surface area contributed by atoms with Crippen molar-refractivity contribution in [1.29, 1.82) is 0 Å². The Balaban J connectivity index is 1.43. The van der Waals surface area contributed by atoms with E-state index in [0.717, 1.165) is 42.9 Å². The Morgan fingerprint density at radius 2 is 1.55 bits per heavy atom. The molecule has 1 saturated heterocycles. The predicted molar refractivity (Wildman–Crippen MR) is 119 cm³/mol. The molecule has 0 radical (unpaired) electrons. The van der Waals surface area contributed by atoms with Crippen molar-refractivity contribution in [1.82, 2.24) is 10.2 Å². The predicted octanol–water partition coefficient (Wildman–Crippen LogP) is 4.04. The van der Waals surface area contributed by atoms with Crippen molar-refractivity contribution in [3.63, 3.8) is 0 Å². The van der Waals surface area contributed by atoms with Gasteiger partial charge in [-0.05, 0) is 48.0 Å². The largest absolute Gasteiger partial charge is 0.369 e. The summed E-state index contributed by atoms with van der Waals surface area (Å²) in [5, 5.41) is 3.00. The van der Waals surface area contributed by atoms with Gasteiger partial charge in [0, 0.05) is 44.0 Å². The second kappa shape index (κ2) is 8.93. The van der Waals surface area contributed by atoms with Crippen LogP contribution in [0.2, 0.25) is 0 Å². The van der Waals surface area contributed by atoms with Crippen LogP contribution in [0.25, 0.3) is 11.1 Å². The first-order valence-corrected chi connectivity index (χ1v) is 10.2. The highest BCUT2D eigenvalue weighted by molar-refractivity contribution is 5.95. The van der Waals surface area contributed by atoms with Gasteiger partial charge in [-0.1, -0.05) is 54.6 Å². The van der Waals surface area contributed by atoms with Crippen LogP contribution in [0.1, 0.15) is 15.9 Å². The van der Waals surface area contributed by atoms with E-state index in [-0.39, 0.29) is 5.91 Å². The molecule has 1 aliphatic rings. The summed E-state index contributed by atoms with van der Waals surface area (Å²) in [7, 11) is 2.17. The highest BCUT2D eigenvalue weighted by Crippen LogP contribution is 2.24. The molecule has 1 heterocycles. The van der Waals surface area contributed by atoms with E-state index in [0.29, 0.717) is 12.1 Å². The molecule has 1 amide bonds. The van der Waals surface area contributed by atoms with E-state index < -0.39 is 0 Å². The number of hydrogen-bond acceptors (Lipinski definition) is 3. The maximum absolute atomic E-state index is 12.6. The zero-order valence-electron chi connectivity index (χ0n) is 16.8. The summed E-state index contributed by atoms with van der Waals surface area (Å²) < 4.78 is 0. The molecular formula is C25H27N3O. The molecule has 0 atom stereocenters. The van der Waals surface area contributed by atoms with Gasteiger partial charge in [-0.25, -0.2) is 0 Å². The number of benzene rings is 3. The molecule has 3 aromatic carbocycles. The summed E-state index contributed by atoms with van der Waals surface area (Å²) >= 11 is 0. The van der Waals surface area contributed by atoms with Crippen LogP contribution in [0.5, 0.6) is 0 Å². The fourth-order valence-corrected chi connectivity index (χ4v) is 3.65. The third-order valence-corrected chi connectivity index (χ3v) is 5.49. The number of anilines is 1. The van der Waals surface area contributed by atoms with Crippen LogP contribution in [0.15, 0.2) is 78.9 Å². The number of carbonyl (C=O) groups excluding carboxylic acids is 1. The highest BCUT2D eigenvalue weighted by Gasteiger charge is 2.14. The smallest absolute Gasteiger partial charge is 0.251 e. The molecule has 0 saturated carbocycles. The third-order valence-electron chi connectivity index (χ3n) is 5.49. The standard InChI is InChI=1S/C25H27N3O/c1-27-14-16-28(17-15-27)24-12-10-21(11-13-24)22-8-5-9-23(18-22)25(29)26-19-20-6-3-2-4-7-20/h2-13,18H,14-17,19H2,1H3,(H,26,29). The zero-order chi connectivity index (χ0) is 20.1. The van der Waals surface area contributed by atoms with Gasteiger partial charge in [-0.3, -0.25) is 4.79 Å². The van der Waals surface area contributed by atoms with E-state index in [9.17, 15) is 4.79 Å². The summed E-state index contributed by atoms with van der Waals surface area (Å²) in [5.74, 6) is -0.0511. The molecule has 4 heteroatoms. The van der Waals surface area contributed by atoms with Crippen LogP contribution in [0.4, 0.5) is 5.69 Å². The molecule has 4 nitrogen and oxygen atoms in total. The van der Waals surface area contributed by atoms with Crippen molar-refractivity contribution in [3.05, 3.63) is 90.0 Å². The highest BCUT2D eigenvalue weighted by atomic mass is 16.1. The van der Waals surface area contributed by atoms with E-state index >= 15 is 0 Å². The van der Waals surface area contributed by atoms with Crippen LogP contribution in [-0.4, -0.2) is 44.0 Å². The lowest BCUT2D eigenvalue weighted by atomic mass is 10.0. The topological polar surface area (TPSA) is 35.6 Å². The van der Waals surface area contributed by atoms with Gasteiger partial charge in [0.25, 0.3) is 5.91 Å². The van der Waals surface area contributed by atoms with E-state index in [1.165, 1.54) is 5.69 Å². The van der Waals surface area contributed by atoms with Gasteiger partial charge in [0.2, 0.25) is 0 Å². The summed E-state index contributed by atoms with van der Waals surface area (Å²) in [5.41, 5.74) is 5.22. The van der Waals surface area contributed by atoms with Crippen LogP contribution in [0.3, 0.4) is 0 Å². The minimum Gasteiger partial charge on any atom is -0.369 e. The van der Waals surface area contributed by atoms with Crippen molar-refractivity contribution in [2.45, 2.75) is 6.54 Å². The molecule has 0 bridgehead atoms. The lowest BCUT2D eigenvalue weighted by Gasteiger charge is -2.34. The fraction of sp³-hybridized carbons (Fsp3) is 0.240. The molecule has 0 unspecified atom stereocenters. The lowest BCUT2D eigenvalue weighted by molar-refractivity contribution is 0.0951. The van der Waals surface area contributed by atoms with Crippen LogP contribution < -0.4 is 10.2 Å². The maximum atomic E-state index is 12.6. The summed E-state index contributed by atoms with van der Waals surface area (Å²) in [4.78, 5) is 17.4. The first-order valence-electron chi connectivity index (χ1n) is 10.2. The molecule has 1 aliphatic heterocycles. The average Bonchev–Trinajstić information content (AvgIpc) is 2.79. The Labute approximate surface area is 172 Å². The van der Waals surface area contributed by atoms with Gasteiger partial charge in [-0.2, -0.15) is 0 Å². The van der Waals surface area contributed by atoms with E-state index in [1.54, 1.807) is 0 Å². The van der Waals surface area contributed by atoms with Crippen LogP contribution in [-0.2, 0) is 6.54 Å². The van der Waals surface area contributed by atoms with Gasteiger partial charge < -0.3 is 15.1 Å². The van der Waals surface area contributed by atoms with E-state index in [4.69, 9.17) is 0 Å². The SMILES string of the molecule is CN1CCN(c2ccc(-c3cccc(C(=O)NCc4ccccc4)c3)cc2)CC1. The molecule has 0 aliphatic carbocycles. The van der Waals surface area contributed by atoms with Gasteiger partial charge in [0.1, 0.15) is 0 Å². The Morgan fingerprint density at radius 1 is 0.828 bits per heavy atom. The van der Waals surface area contributed by atoms with Gasteiger partial charge in [0.05, 0.1) is 0 Å². The Hall–Kier alpha value is -3.11. The Morgan fingerprint density at radius 3 is 2.28 bits per heavy atom. The Bertz CT molecular complexity index is 945. The molecule has 0 aromatic heterocycles. The number of nitrogens with zero attached hydrogens (tertiary/aromatic N) is 2. The van der Waals surface area contributed by atoms with Crippen molar-refractivity contribution < 1.29 is 4.79 Å². The van der Waals surface area contributed by atoms with Gasteiger partial charge >= 0.3 is 0 Å². The summed E-state index contributed by atoms with van der Waals surface area (Å²) in [6, 6.07) is 26.4. The summed E-state index contributed by atoms with van der Waals surface area (Å²) in [6.45, 7) is 4.85. The average molecular weight is 386 g/mol. The quantitative estimate of drug-likeness (QED) is 0.720. The zero-order valence-corrected chi connectivity index (χ0v) is 16.8. The molecule has 0 spiro atoms. The summed E-state index contributed by atoms with van der Waals surface area (Å²) in [6.07, 6.45) is 0. The number of piperazine rings is 1.